The number of unbranched alkanes of at least 4 members (excludes halogenated alkanes) is 4. The number of halogens is 1. The number of esters is 1. The number of rotatable bonds is 9. The summed E-state index contributed by atoms with van der Waals surface area (Å²) >= 11 is 0. The van der Waals surface area contributed by atoms with E-state index in [9.17, 15) is 4.79 Å². The highest BCUT2D eigenvalue weighted by molar-refractivity contribution is 5.86. The summed E-state index contributed by atoms with van der Waals surface area (Å²) in [5.74, 6) is -0.268. The zero-order chi connectivity index (χ0) is 13.3. The zero-order valence-electron chi connectivity index (χ0n) is 12.3. The highest BCUT2D eigenvalue weighted by atomic mass is 35.5. The summed E-state index contributed by atoms with van der Waals surface area (Å²) in [7, 11) is 6.66. The molecule has 0 aromatic carbocycles. The van der Waals surface area contributed by atoms with Crippen LogP contribution in [0.5, 0.6) is 0 Å². The molecule has 0 aromatic heterocycles. The van der Waals surface area contributed by atoms with Gasteiger partial charge in [0.05, 0.1) is 34.3 Å². The van der Waals surface area contributed by atoms with Gasteiger partial charge in [-0.25, -0.2) is 4.79 Å². The lowest BCUT2D eigenvalue weighted by molar-refractivity contribution is -0.870. The van der Waals surface area contributed by atoms with Crippen molar-refractivity contribution in [1.82, 2.24) is 0 Å². The Balaban J connectivity index is 0. The van der Waals surface area contributed by atoms with Crippen LogP contribution in [0, 0.1) is 0 Å². The summed E-state index contributed by atoms with van der Waals surface area (Å²) in [4.78, 5) is 11.1. The summed E-state index contributed by atoms with van der Waals surface area (Å²) in [6, 6.07) is 0. The molecule has 0 radical (unpaired) electrons. The van der Waals surface area contributed by atoms with Crippen molar-refractivity contribution in [2.24, 2.45) is 0 Å². The van der Waals surface area contributed by atoms with Gasteiger partial charge in [0.25, 0.3) is 0 Å². The molecule has 18 heavy (non-hydrogen) atoms. The maximum Gasteiger partial charge on any atom is 0.333 e. The van der Waals surface area contributed by atoms with E-state index in [4.69, 9.17) is 4.74 Å². The van der Waals surface area contributed by atoms with Gasteiger partial charge in [-0.1, -0.05) is 19.4 Å². The number of carbonyl (C=O) groups is 1. The van der Waals surface area contributed by atoms with E-state index >= 15 is 0 Å². The Hall–Kier alpha value is -0.540. The standard InChI is InChI=1S/C14H28NO2.ClH/c1-13(2)14(16)17-12-10-8-6-7-9-11-15(3,4)5;/h1,6-12H2,2-5H3;1H/q+1;/p-1. The van der Waals surface area contributed by atoms with Crippen molar-refractivity contribution >= 4 is 5.97 Å². The van der Waals surface area contributed by atoms with Crippen molar-refractivity contribution in [2.45, 2.75) is 39.0 Å². The summed E-state index contributed by atoms with van der Waals surface area (Å²) < 4.78 is 6.06. The van der Waals surface area contributed by atoms with E-state index in [2.05, 4.69) is 27.7 Å². The van der Waals surface area contributed by atoms with Gasteiger partial charge in [-0.05, 0) is 26.2 Å². The lowest BCUT2D eigenvalue weighted by Gasteiger charge is -2.23. The molecule has 3 nitrogen and oxygen atoms in total. The van der Waals surface area contributed by atoms with Crippen LogP contribution < -0.4 is 12.4 Å². The molecule has 0 aromatic rings. The fraction of sp³-hybridized carbons (Fsp3) is 0.786. The lowest BCUT2D eigenvalue weighted by Crippen LogP contribution is -3.00. The van der Waals surface area contributed by atoms with Crippen molar-refractivity contribution in [2.75, 3.05) is 34.3 Å². The Kier molecular flexibility index (Phi) is 11.4. The third-order valence-corrected chi connectivity index (χ3v) is 2.55. The van der Waals surface area contributed by atoms with Crippen LogP contribution in [0.3, 0.4) is 0 Å². The van der Waals surface area contributed by atoms with E-state index in [-0.39, 0.29) is 18.4 Å². The minimum Gasteiger partial charge on any atom is -1.00 e. The van der Waals surface area contributed by atoms with Crippen LogP contribution in [0.4, 0.5) is 0 Å². The highest BCUT2D eigenvalue weighted by Gasteiger charge is 2.05. The number of nitrogens with zero attached hydrogens (tertiary/aromatic N) is 1. The second kappa shape index (κ2) is 10.4. The SMILES string of the molecule is C=C(C)C(=O)OCCCCCCC[N+](C)(C)C.[Cl-]. The first kappa shape index (κ1) is 19.8. The first-order chi connectivity index (χ1) is 7.83. The molecule has 0 fully saturated rings. The van der Waals surface area contributed by atoms with Gasteiger partial charge in [0, 0.05) is 5.57 Å². The molecule has 0 spiro atoms. The maximum atomic E-state index is 11.1. The van der Waals surface area contributed by atoms with Crippen LogP contribution in [0.15, 0.2) is 12.2 Å². The first-order valence-corrected chi connectivity index (χ1v) is 6.46. The highest BCUT2D eigenvalue weighted by Crippen LogP contribution is 2.06. The van der Waals surface area contributed by atoms with Crippen LogP contribution in [0.25, 0.3) is 0 Å². The van der Waals surface area contributed by atoms with Gasteiger partial charge >= 0.3 is 5.97 Å². The number of hydrogen-bond donors (Lipinski definition) is 0. The van der Waals surface area contributed by atoms with Gasteiger partial charge < -0.3 is 21.6 Å². The monoisotopic (exact) mass is 277 g/mol. The average molecular weight is 278 g/mol. The Labute approximate surface area is 118 Å². The summed E-state index contributed by atoms with van der Waals surface area (Å²) in [6.07, 6.45) is 5.87. The number of hydrogen-bond acceptors (Lipinski definition) is 2. The Morgan fingerprint density at radius 1 is 1.06 bits per heavy atom. The molecule has 0 heterocycles. The van der Waals surface area contributed by atoms with Crippen LogP contribution in [0.2, 0.25) is 0 Å². The molecule has 0 aliphatic rings. The second-order valence-corrected chi connectivity index (χ2v) is 5.70. The van der Waals surface area contributed by atoms with Gasteiger partial charge in [-0.3, -0.25) is 0 Å². The van der Waals surface area contributed by atoms with Crippen LogP contribution in [-0.2, 0) is 9.53 Å². The molecule has 0 rings (SSSR count). The lowest BCUT2D eigenvalue weighted by atomic mass is 10.1. The molecule has 108 valence electrons. The fourth-order valence-corrected chi connectivity index (χ4v) is 1.51. The van der Waals surface area contributed by atoms with Crippen molar-refractivity contribution < 1.29 is 26.4 Å². The van der Waals surface area contributed by atoms with Crippen LogP contribution in [-0.4, -0.2) is 44.7 Å². The molecule has 0 unspecified atom stereocenters. The van der Waals surface area contributed by atoms with Gasteiger partial charge in [0.15, 0.2) is 0 Å². The molecule has 0 saturated carbocycles. The van der Waals surface area contributed by atoms with Crippen LogP contribution >= 0.6 is 0 Å². The Morgan fingerprint density at radius 2 is 1.56 bits per heavy atom. The molecule has 0 bridgehead atoms. The van der Waals surface area contributed by atoms with Gasteiger partial charge in [0.2, 0.25) is 0 Å². The van der Waals surface area contributed by atoms with E-state index in [0.29, 0.717) is 12.2 Å². The fourth-order valence-electron chi connectivity index (χ4n) is 1.51. The molecule has 0 saturated heterocycles. The number of carbonyl (C=O) groups excluding carboxylic acids is 1. The molecule has 0 N–H and O–H groups in total. The van der Waals surface area contributed by atoms with Gasteiger partial charge in [-0.2, -0.15) is 0 Å². The van der Waals surface area contributed by atoms with E-state index in [0.717, 1.165) is 17.3 Å². The molecule has 0 amide bonds. The van der Waals surface area contributed by atoms with E-state index in [1.54, 1.807) is 6.92 Å². The predicted molar refractivity (Wildman–Crippen MR) is 71.8 cm³/mol. The predicted octanol–water partition coefficient (Wildman–Crippen LogP) is -0.234. The van der Waals surface area contributed by atoms with Gasteiger partial charge in [-0.15, -0.1) is 0 Å². The third-order valence-electron chi connectivity index (χ3n) is 2.55. The molecule has 4 heteroatoms. The molecule has 0 aliphatic heterocycles. The van der Waals surface area contributed by atoms with Crippen LogP contribution in [0.1, 0.15) is 39.0 Å². The molecule has 0 atom stereocenters. The third kappa shape index (κ3) is 13.5. The van der Waals surface area contributed by atoms with E-state index in [1.807, 2.05) is 0 Å². The maximum absolute atomic E-state index is 11.1. The zero-order valence-corrected chi connectivity index (χ0v) is 13.1. The minimum atomic E-state index is -0.268. The van der Waals surface area contributed by atoms with E-state index in [1.165, 1.54) is 25.8 Å². The summed E-state index contributed by atoms with van der Waals surface area (Å²) in [6.45, 7) is 6.97. The molecular weight excluding hydrogens is 250 g/mol. The first-order valence-electron chi connectivity index (χ1n) is 6.46. The quantitative estimate of drug-likeness (QED) is 0.252. The van der Waals surface area contributed by atoms with Crippen molar-refractivity contribution in [3.05, 3.63) is 12.2 Å². The van der Waals surface area contributed by atoms with Crippen molar-refractivity contribution in [3.63, 3.8) is 0 Å². The van der Waals surface area contributed by atoms with E-state index < -0.39 is 0 Å². The Morgan fingerprint density at radius 3 is 2.06 bits per heavy atom. The summed E-state index contributed by atoms with van der Waals surface area (Å²) in [5, 5.41) is 0. The second-order valence-electron chi connectivity index (χ2n) is 5.70. The minimum absolute atomic E-state index is 0. The smallest absolute Gasteiger partial charge is 0.333 e. The normalized spacial score (nSPS) is 10.7. The molecule has 0 aliphatic carbocycles. The largest absolute Gasteiger partial charge is 1.00 e. The van der Waals surface area contributed by atoms with Crippen molar-refractivity contribution in [3.8, 4) is 0 Å². The Bertz CT molecular complexity index is 247. The summed E-state index contributed by atoms with van der Waals surface area (Å²) in [5.41, 5.74) is 0.480. The van der Waals surface area contributed by atoms with Crippen molar-refractivity contribution in [1.29, 1.82) is 0 Å². The average Bonchev–Trinajstić information content (AvgIpc) is 2.19. The topological polar surface area (TPSA) is 26.3 Å². The number of quaternary nitrogens is 1. The van der Waals surface area contributed by atoms with Gasteiger partial charge in [0.1, 0.15) is 0 Å². The molecular formula is C14H28ClNO2. The number of ether oxygens (including phenoxy) is 1.